The lowest BCUT2D eigenvalue weighted by atomic mass is 9.97. The molecule has 1 fully saturated rings. The van der Waals surface area contributed by atoms with E-state index in [9.17, 15) is 4.39 Å². The van der Waals surface area contributed by atoms with E-state index in [4.69, 9.17) is 14.7 Å². The van der Waals surface area contributed by atoms with E-state index in [0.29, 0.717) is 6.42 Å². The quantitative estimate of drug-likeness (QED) is 0.821. The Bertz CT molecular complexity index is 531. The van der Waals surface area contributed by atoms with Crippen LogP contribution in [0.5, 0.6) is 5.75 Å². The molecule has 1 saturated heterocycles. The van der Waals surface area contributed by atoms with E-state index in [1.165, 1.54) is 6.07 Å². The van der Waals surface area contributed by atoms with E-state index in [-0.39, 0.29) is 23.0 Å². The fraction of sp³-hybridized carbons (Fsp3) is 0.533. The number of ether oxygens (including phenoxy) is 2. The smallest absolute Gasteiger partial charge is 0.144 e. The van der Waals surface area contributed by atoms with Crippen molar-refractivity contribution in [2.75, 3.05) is 0 Å². The third-order valence-electron chi connectivity index (χ3n) is 3.35. The molecule has 3 nitrogen and oxygen atoms in total. The summed E-state index contributed by atoms with van der Waals surface area (Å²) in [5, 5.41) is 9.00. The first-order valence-corrected chi connectivity index (χ1v) is 6.31. The Morgan fingerprint density at radius 3 is 2.58 bits per heavy atom. The Morgan fingerprint density at radius 2 is 2.05 bits per heavy atom. The van der Waals surface area contributed by atoms with Crippen LogP contribution in [0.4, 0.5) is 4.39 Å². The molecule has 1 atom stereocenters. The van der Waals surface area contributed by atoms with Crippen molar-refractivity contribution < 1.29 is 13.9 Å². The van der Waals surface area contributed by atoms with Crippen molar-refractivity contribution in [3.63, 3.8) is 0 Å². The van der Waals surface area contributed by atoms with Crippen molar-refractivity contribution in [1.82, 2.24) is 0 Å². The van der Waals surface area contributed by atoms with Crippen LogP contribution >= 0.6 is 0 Å². The molecule has 0 radical (unpaired) electrons. The highest BCUT2D eigenvalue weighted by Gasteiger charge is 2.47. The van der Waals surface area contributed by atoms with Gasteiger partial charge in [-0.3, -0.25) is 0 Å². The number of halogens is 1. The zero-order valence-corrected chi connectivity index (χ0v) is 11.7. The first-order valence-electron chi connectivity index (χ1n) is 6.31. The summed E-state index contributed by atoms with van der Waals surface area (Å²) in [6.07, 6.45) is 0.484. The summed E-state index contributed by atoms with van der Waals surface area (Å²) >= 11 is 0. The highest BCUT2D eigenvalue weighted by Crippen LogP contribution is 2.40. The third kappa shape index (κ3) is 2.71. The van der Waals surface area contributed by atoms with Crippen LogP contribution in [0.3, 0.4) is 0 Å². The number of nitriles is 1. The Kier molecular flexibility index (Phi) is 3.27. The maximum atomic E-state index is 13.5. The van der Waals surface area contributed by atoms with Crippen LogP contribution in [0.25, 0.3) is 0 Å². The van der Waals surface area contributed by atoms with E-state index in [0.717, 1.165) is 0 Å². The minimum Gasteiger partial charge on any atom is -0.486 e. The molecule has 0 bridgehead atoms. The maximum absolute atomic E-state index is 13.5. The minimum atomic E-state index is -0.559. The first-order chi connectivity index (χ1) is 8.75. The van der Waals surface area contributed by atoms with E-state index in [2.05, 4.69) is 0 Å². The molecule has 0 spiro atoms. The molecule has 1 aromatic rings. The van der Waals surface area contributed by atoms with Gasteiger partial charge in [0.25, 0.3) is 0 Å². The molecule has 0 aliphatic carbocycles. The Balaban J connectivity index is 2.28. The standard InChI is InChI=1S/C15H18FNO2/c1-14(2)8-13(15(3,4)19-14)18-12-7-5-6-11(16)10(12)9-17/h5-7,13H,8H2,1-4H3. The van der Waals surface area contributed by atoms with Crippen LogP contribution in [0.15, 0.2) is 18.2 Å². The van der Waals surface area contributed by atoms with Gasteiger partial charge in [0.2, 0.25) is 0 Å². The molecule has 1 heterocycles. The number of nitrogens with zero attached hydrogens (tertiary/aromatic N) is 1. The van der Waals surface area contributed by atoms with Crippen LogP contribution in [0, 0.1) is 17.1 Å². The molecule has 1 aromatic carbocycles. The SMILES string of the molecule is CC1(C)CC(Oc2cccc(F)c2C#N)C(C)(C)O1. The third-order valence-corrected chi connectivity index (χ3v) is 3.35. The number of benzene rings is 1. The monoisotopic (exact) mass is 263 g/mol. The van der Waals surface area contributed by atoms with E-state index >= 15 is 0 Å². The van der Waals surface area contributed by atoms with Crippen molar-refractivity contribution in [2.24, 2.45) is 0 Å². The van der Waals surface area contributed by atoms with E-state index in [1.807, 2.05) is 33.8 Å². The molecule has 0 amide bonds. The molecular formula is C15H18FNO2. The molecule has 19 heavy (non-hydrogen) atoms. The summed E-state index contributed by atoms with van der Waals surface area (Å²) in [5.41, 5.74) is -0.806. The van der Waals surface area contributed by atoms with Crippen LogP contribution in [0.2, 0.25) is 0 Å². The summed E-state index contributed by atoms with van der Waals surface area (Å²) in [6.45, 7) is 7.87. The summed E-state index contributed by atoms with van der Waals surface area (Å²) in [7, 11) is 0. The van der Waals surface area contributed by atoms with Crippen molar-refractivity contribution in [2.45, 2.75) is 51.4 Å². The van der Waals surface area contributed by atoms with Gasteiger partial charge in [-0.2, -0.15) is 5.26 Å². The van der Waals surface area contributed by atoms with Gasteiger partial charge in [0, 0.05) is 6.42 Å². The van der Waals surface area contributed by atoms with Crippen molar-refractivity contribution in [1.29, 1.82) is 5.26 Å². The van der Waals surface area contributed by atoms with E-state index in [1.54, 1.807) is 12.1 Å². The normalized spacial score (nSPS) is 23.9. The number of hydrogen-bond acceptors (Lipinski definition) is 3. The molecule has 0 N–H and O–H groups in total. The lowest BCUT2D eigenvalue weighted by molar-refractivity contribution is -0.0846. The van der Waals surface area contributed by atoms with Crippen LogP contribution < -0.4 is 4.74 Å². The van der Waals surface area contributed by atoms with Gasteiger partial charge in [-0.25, -0.2) is 4.39 Å². The van der Waals surface area contributed by atoms with Gasteiger partial charge < -0.3 is 9.47 Å². The molecule has 0 aromatic heterocycles. The van der Waals surface area contributed by atoms with Gasteiger partial charge in [0.1, 0.15) is 34.9 Å². The van der Waals surface area contributed by atoms with Crippen LogP contribution in [-0.2, 0) is 4.74 Å². The molecule has 4 heteroatoms. The average Bonchev–Trinajstić information content (AvgIpc) is 2.47. The fourth-order valence-corrected chi connectivity index (χ4v) is 2.56. The summed E-state index contributed by atoms with van der Waals surface area (Å²) in [4.78, 5) is 0. The zero-order valence-electron chi connectivity index (χ0n) is 11.7. The molecule has 1 unspecified atom stereocenters. The number of rotatable bonds is 2. The average molecular weight is 263 g/mol. The second kappa shape index (κ2) is 4.50. The van der Waals surface area contributed by atoms with Gasteiger partial charge in [0.05, 0.1) is 5.60 Å². The minimum absolute atomic E-state index is 0.0528. The topological polar surface area (TPSA) is 42.2 Å². The van der Waals surface area contributed by atoms with E-state index < -0.39 is 11.4 Å². The number of hydrogen-bond donors (Lipinski definition) is 0. The highest BCUT2D eigenvalue weighted by molar-refractivity contribution is 5.44. The van der Waals surface area contributed by atoms with Gasteiger partial charge in [-0.15, -0.1) is 0 Å². The van der Waals surface area contributed by atoms with Crippen molar-refractivity contribution in [3.05, 3.63) is 29.6 Å². The molecule has 2 rings (SSSR count). The lowest BCUT2D eigenvalue weighted by Gasteiger charge is -2.27. The molecule has 1 aliphatic rings. The largest absolute Gasteiger partial charge is 0.486 e. The highest BCUT2D eigenvalue weighted by atomic mass is 19.1. The van der Waals surface area contributed by atoms with Crippen LogP contribution in [-0.4, -0.2) is 17.3 Å². The summed E-state index contributed by atoms with van der Waals surface area (Å²) in [6, 6.07) is 6.26. The van der Waals surface area contributed by atoms with Gasteiger partial charge in [-0.1, -0.05) is 6.07 Å². The molecule has 0 saturated carbocycles. The summed E-state index contributed by atoms with van der Waals surface area (Å²) < 4.78 is 25.3. The Morgan fingerprint density at radius 1 is 1.37 bits per heavy atom. The Labute approximate surface area is 112 Å². The summed E-state index contributed by atoms with van der Waals surface area (Å²) in [5.74, 6) is -0.280. The molecule has 1 aliphatic heterocycles. The molecular weight excluding hydrogens is 245 g/mol. The van der Waals surface area contributed by atoms with Gasteiger partial charge in [-0.05, 0) is 39.8 Å². The second-order valence-corrected chi connectivity index (χ2v) is 6.00. The first kappa shape index (κ1) is 13.8. The second-order valence-electron chi connectivity index (χ2n) is 6.00. The van der Waals surface area contributed by atoms with Crippen molar-refractivity contribution in [3.8, 4) is 11.8 Å². The van der Waals surface area contributed by atoms with Gasteiger partial charge in [0.15, 0.2) is 0 Å². The van der Waals surface area contributed by atoms with Crippen molar-refractivity contribution >= 4 is 0 Å². The molecule has 102 valence electrons. The maximum Gasteiger partial charge on any atom is 0.144 e. The Hall–Kier alpha value is -1.60. The lowest BCUT2D eigenvalue weighted by Crippen LogP contribution is -2.36. The van der Waals surface area contributed by atoms with Crippen LogP contribution in [0.1, 0.15) is 39.7 Å². The van der Waals surface area contributed by atoms with Gasteiger partial charge >= 0.3 is 0 Å². The predicted octanol–water partition coefficient (Wildman–Crippen LogP) is 3.42. The zero-order chi connectivity index (χ0) is 14.3. The fourth-order valence-electron chi connectivity index (χ4n) is 2.56. The predicted molar refractivity (Wildman–Crippen MR) is 69.4 cm³/mol.